The zero-order valence-electron chi connectivity index (χ0n) is 17.6. The van der Waals surface area contributed by atoms with E-state index in [2.05, 4.69) is 63.7 Å². The number of hydrogen-bond donors (Lipinski definition) is 1. The summed E-state index contributed by atoms with van der Waals surface area (Å²) in [5, 5.41) is 12.5. The van der Waals surface area contributed by atoms with Gasteiger partial charge in [-0.2, -0.15) is 5.26 Å². The number of anilines is 1. The molecule has 0 aliphatic heterocycles. The van der Waals surface area contributed by atoms with Crippen LogP contribution in [0.2, 0.25) is 0 Å². The van der Waals surface area contributed by atoms with Crippen LogP contribution in [0.3, 0.4) is 0 Å². The topological polar surface area (TPSA) is 57.8 Å². The Morgan fingerprint density at radius 2 is 1.90 bits per heavy atom. The highest BCUT2D eigenvalue weighted by Crippen LogP contribution is 2.25. The van der Waals surface area contributed by atoms with E-state index in [9.17, 15) is 10.1 Å². The average Bonchev–Trinajstić information content (AvgIpc) is 3.01. The molecule has 1 N–H and O–H groups in total. The van der Waals surface area contributed by atoms with Gasteiger partial charge in [-0.25, -0.2) is 0 Å². The highest BCUT2D eigenvalue weighted by molar-refractivity contribution is 14.1. The molecule has 0 fully saturated rings. The molecule has 0 radical (unpaired) electrons. The normalized spacial score (nSPS) is 11.3. The Morgan fingerprint density at radius 3 is 2.57 bits per heavy atom. The lowest BCUT2D eigenvalue weighted by atomic mass is 10.1. The second-order valence-electron chi connectivity index (χ2n) is 7.23. The Balaban J connectivity index is 1.95. The van der Waals surface area contributed by atoms with E-state index in [1.807, 2.05) is 51.1 Å². The van der Waals surface area contributed by atoms with E-state index >= 15 is 0 Å². The molecule has 2 aromatic carbocycles. The molecule has 1 amide bonds. The minimum atomic E-state index is -0.395. The van der Waals surface area contributed by atoms with E-state index in [-0.39, 0.29) is 5.57 Å². The molecule has 0 bridgehead atoms. The molecule has 30 heavy (non-hydrogen) atoms. The van der Waals surface area contributed by atoms with Crippen LogP contribution >= 0.6 is 22.6 Å². The largest absolute Gasteiger partial charge is 0.321 e. The number of halogens is 1. The van der Waals surface area contributed by atoms with E-state index in [0.717, 1.165) is 40.3 Å². The summed E-state index contributed by atoms with van der Waals surface area (Å²) in [4.78, 5) is 12.8. The Hall–Kier alpha value is -2.85. The molecule has 152 valence electrons. The summed E-state index contributed by atoms with van der Waals surface area (Å²) in [5.74, 6) is -0.395. The highest BCUT2D eigenvalue weighted by atomic mass is 127. The summed E-state index contributed by atoms with van der Waals surface area (Å²) in [7, 11) is 0. The van der Waals surface area contributed by atoms with Crippen LogP contribution in [-0.2, 0) is 11.2 Å². The number of hydrogen-bond acceptors (Lipinski definition) is 2. The fraction of sp³-hybridized carbons (Fsp3) is 0.200. The molecule has 3 rings (SSSR count). The highest BCUT2D eigenvalue weighted by Gasteiger charge is 2.15. The van der Waals surface area contributed by atoms with Crippen LogP contribution in [0.15, 0.2) is 54.1 Å². The standard InChI is InChI=1S/C25H24IN3O/c1-5-19-8-6-7-9-24(19)28-25(30)21(15-27)14-20-13-17(3)29(18(20)4)22-10-11-23(26)16(2)12-22/h6-14H,5H2,1-4H3,(H,28,30). The molecular weight excluding hydrogens is 485 g/mol. The third-order valence-corrected chi connectivity index (χ3v) is 6.39. The van der Waals surface area contributed by atoms with Gasteiger partial charge in [-0.05, 0) is 103 Å². The van der Waals surface area contributed by atoms with Crippen molar-refractivity contribution in [2.45, 2.75) is 34.1 Å². The van der Waals surface area contributed by atoms with E-state index in [1.165, 1.54) is 9.13 Å². The van der Waals surface area contributed by atoms with Crippen LogP contribution in [-0.4, -0.2) is 10.5 Å². The number of benzene rings is 2. The fourth-order valence-corrected chi connectivity index (χ4v) is 3.88. The average molecular weight is 509 g/mol. The molecule has 0 atom stereocenters. The van der Waals surface area contributed by atoms with E-state index in [4.69, 9.17) is 0 Å². The minimum absolute atomic E-state index is 0.0833. The molecule has 0 spiro atoms. The molecule has 0 saturated heterocycles. The number of carbonyl (C=O) groups is 1. The van der Waals surface area contributed by atoms with Gasteiger partial charge < -0.3 is 9.88 Å². The molecule has 1 aromatic heterocycles. The van der Waals surface area contributed by atoms with Gasteiger partial charge in [0, 0.05) is 26.3 Å². The Kier molecular flexibility index (Phi) is 6.78. The van der Waals surface area contributed by atoms with Crippen LogP contribution in [0.4, 0.5) is 5.69 Å². The van der Waals surface area contributed by atoms with Gasteiger partial charge in [0.05, 0.1) is 0 Å². The molecule has 0 aliphatic carbocycles. The summed E-state index contributed by atoms with van der Waals surface area (Å²) in [6.45, 7) is 8.16. The zero-order valence-corrected chi connectivity index (χ0v) is 19.7. The molecule has 0 unspecified atom stereocenters. The maximum atomic E-state index is 12.8. The quantitative estimate of drug-likeness (QED) is 0.256. The number of para-hydroxylation sites is 1. The number of nitrogens with zero attached hydrogens (tertiary/aromatic N) is 2. The van der Waals surface area contributed by atoms with Gasteiger partial charge in [0.2, 0.25) is 0 Å². The second kappa shape index (κ2) is 9.31. The molecule has 4 nitrogen and oxygen atoms in total. The van der Waals surface area contributed by atoms with Crippen LogP contribution in [0.25, 0.3) is 11.8 Å². The van der Waals surface area contributed by atoms with E-state index in [0.29, 0.717) is 0 Å². The van der Waals surface area contributed by atoms with E-state index < -0.39 is 5.91 Å². The summed E-state index contributed by atoms with van der Waals surface area (Å²) >= 11 is 2.33. The SMILES string of the molecule is CCc1ccccc1NC(=O)C(C#N)=Cc1cc(C)n(-c2ccc(I)c(C)c2)c1C. The lowest BCUT2D eigenvalue weighted by molar-refractivity contribution is -0.112. The van der Waals surface area contributed by atoms with Crippen LogP contribution < -0.4 is 5.32 Å². The van der Waals surface area contributed by atoms with Crippen molar-refractivity contribution in [2.75, 3.05) is 5.32 Å². The number of carbonyl (C=O) groups excluding carboxylic acids is 1. The molecule has 5 heteroatoms. The van der Waals surface area contributed by atoms with Crippen molar-refractivity contribution in [1.82, 2.24) is 4.57 Å². The summed E-state index contributed by atoms with van der Waals surface area (Å²) in [6.07, 6.45) is 2.47. The number of rotatable bonds is 5. The third kappa shape index (κ3) is 4.49. The lowest BCUT2D eigenvalue weighted by Gasteiger charge is -2.11. The van der Waals surface area contributed by atoms with Gasteiger partial charge in [-0.15, -0.1) is 0 Å². The third-order valence-electron chi connectivity index (χ3n) is 5.18. The summed E-state index contributed by atoms with van der Waals surface area (Å²) in [6, 6.07) is 18.0. The predicted molar refractivity (Wildman–Crippen MR) is 131 cm³/mol. The van der Waals surface area contributed by atoms with Crippen molar-refractivity contribution in [3.63, 3.8) is 0 Å². The monoisotopic (exact) mass is 509 g/mol. The van der Waals surface area contributed by atoms with Crippen molar-refractivity contribution < 1.29 is 4.79 Å². The Labute approximate surface area is 191 Å². The van der Waals surface area contributed by atoms with Crippen LogP contribution in [0, 0.1) is 35.7 Å². The number of nitrogens with one attached hydrogen (secondary N) is 1. The van der Waals surface area contributed by atoms with Gasteiger partial charge in [0.15, 0.2) is 0 Å². The first-order valence-corrected chi connectivity index (χ1v) is 10.9. The maximum Gasteiger partial charge on any atom is 0.266 e. The van der Waals surface area contributed by atoms with Gasteiger partial charge >= 0.3 is 0 Å². The molecule has 0 aliphatic rings. The maximum absolute atomic E-state index is 12.8. The van der Waals surface area contributed by atoms with Crippen molar-refractivity contribution in [3.05, 3.63) is 85.8 Å². The molecule has 3 aromatic rings. The van der Waals surface area contributed by atoms with Gasteiger partial charge in [0.25, 0.3) is 5.91 Å². The molecular formula is C25H24IN3O. The summed E-state index contributed by atoms with van der Waals surface area (Å²) in [5.41, 5.74) is 7.04. The number of amides is 1. The van der Waals surface area contributed by atoms with Gasteiger partial charge in [-0.1, -0.05) is 25.1 Å². The first-order chi connectivity index (χ1) is 14.3. The van der Waals surface area contributed by atoms with Crippen molar-refractivity contribution in [3.8, 4) is 11.8 Å². The minimum Gasteiger partial charge on any atom is -0.321 e. The first-order valence-electron chi connectivity index (χ1n) is 9.82. The Morgan fingerprint density at radius 1 is 1.17 bits per heavy atom. The summed E-state index contributed by atoms with van der Waals surface area (Å²) < 4.78 is 3.36. The fourth-order valence-electron chi connectivity index (χ4n) is 3.54. The van der Waals surface area contributed by atoms with Crippen molar-refractivity contribution >= 4 is 40.3 Å². The Bertz CT molecular complexity index is 1180. The number of aromatic nitrogens is 1. The smallest absolute Gasteiger partial charge is 0.266 e. The zero-order chi connectivity index (χ0) is 21.8. The first kappa shape index (κ1) is 21.8. The van der Waals surface area contributed by atoms with Gasteiger partial charge in [-0.3, -0.25) is 4.79 Å². The van der Waals surface area contributed by atoms with Crippen molar-refractivity contribution in [1.29, 1.82) is 5.26 Å². The number of aryl methyl sites for hydroxylation is 3. The predicted octanol–water partition coefficient (Wildman–Crippen LogP) is 6.12. The van der Waals surface area contributed by atoms with Gasteiger partial charge in [0.1, 0.15) is 11.6 Å². The van der Waals surface area contributed by atoms with E-state index in [1.54, 1.807) is 6.08 Å². The molecule has 0 saturated carbocycles. The second-order valence-corrected chi connectivity index (χ2v) is 8.39. The molecule has 1 heterocycles. The van der Waals surface area contributed by atoms with Crippen molar-refractivity contribution in [2.24, 2.45) is 0 Å². The van der Waals surface area contributed by atoms with Crippen LogP contribution in [0.5, 0.6) is 0 Å². The van der Waals surface area contributed by atoms with Crippen LogP contribution in [0.1, 0.15) is 35.0 Å². The lowest BCUT2D eigenvalue weighted by Crippen LogP contribution is -2.14. The number of nitriles is 1.